The van der Waals surface area contributed by atoms with Crippen molar-refractivity contribution < 1.29 is 0 Å². The number of nitrogens with zero attached hydrogens (tertiary/aromatic N) is 4. The van der Waals surface area contributed by atoms with Crippen molar-refractivity contribution in [2.24, 2.45) is 0 Å². The first-order valence-corrected chi connectivity index (χ1v) is 8.13. The number of benzene rings is 1. The van der Waals surface area contributed by atoms with Crippen LogP contribution in [0.25, 0.3) is 16.9 Å². The van der Waals surface area contributed by atoms with Crippen LogP contribution in [0.15, 0.2) is 48.8 Å². The van der Waals surface area contributed by atoms with Crippen LogP contribution in [0, 0.1) is 11.3 Å². The molecule has 0 bridgehead atoms. The van der Waals surface area contributed by atoms with Gasteiger partial charge in [0.05, 0.1) is 23.0 Å². The van der Waals surface area contributed by atoms with E-state index in [2.05, 4.69) is 16.4 Å². The molecule has 2 aromatic heterocycles. The Kier molecular flexibility index (Phi) is 3.72. The van der Waals surface area contributed by atoms with Crippen molar-refractivity contribution in [2.75, 3.05) is 11.9 Å². The maximum atomic E-state index is 8.99. The van der Waals surface area contributed by atoms with Gasteiger partial charge >= 0.3 is 0 Å². The zero-order valence-electron chi connectivity index (χ0n) is 13.2. The highest BCUT2D eigenvalue weighted by Crippen LogP contribution is 2.33. The molecule has 118 valence electrons. The van der Waals surface area contributed by atoms with Gasteiger partial charge in [-0.25, -0.2) is 4.68 Å². The fourth-order valence-corrected chi connectivity index (χ4v) is 3.10. The van der Waals surface area contributed by atoms with E-state index >= 15 is 0 Å². The zero-order valence-corrected chi connectivity index (χ0v) is 13.2. The number of fused-ring (bicyclic) bond motifs is 1. The summed E-state index contributed by atoms with van der Waals surface area (Å²) in [6.07, 6.45) is 6.93. The van der Waals surface area contributed by atoms with Gasteiger partial charge in [-0.3, -0.25) is 4.98 Å². The minimum Gasteiger partial charge on any atom is -0.370 e. The largest absolute Gasteiger partial charge is 0.370 e. The summed E-state index contributed by atoms with van der Waals surface area (Å²) in [5.41, 5.74) is 4.86. The van der Waals surface area contributed by atoms with Crippen LogP contribution < -0.4 is 5.32 Å². The van der Waals surface area contributed by atoms with E-state index < -0.39 is 0 Å². The fourth-order valence-electron chi connectivity index (χ4n) is 3.10. The smallest absolute Gasteiger partial charge is 0.133 e. The van der Waals surface area contributed by atoms with E-state index in [1.807, 2.05) is 47.3 Å². The number of hydrogen-bond acceptors (Lipinski definition) is 4. The molecule has 3 heterocycles. The monoisotopic (exact) mass is 315 g/mol. The molecule has 1 aromatic carbocycles. The van der Waals surface area contributed by atoms with E-state index in [0.717, 1.165) is 48.6 Å². The SMILES string of the molecule is N#Cc1ccc(-n2nc(-c3cccnc3)c3c2NCCCC3)cc1. The minimum atomic E-state index is 0.650. The molecule has 0 radical (unpaired) electrons. The van der Waals surface area contributed by atoms with E-state index in [9.17, 15) is 0 Å². The summed E-state index contributed by atoms with van der Waals surface area (Å²) in [5.74, 6) is 1.05. The van der Waals surface area contributed by atoms with Crippen LogP contribution in [-0.2, 0) is 6.42 Å². The lowest BCUT2D eigenvalue weighted by molar-refractivity contribution is 0.780. The normalized spacial score (nSPS) is 13.5. The van der Waals surface area contributed by atoms with Gasteiger partial charge in [-0.15, -0.1) is 0 Å². The highest BCUT2D eigenvalue weighted by atomic mass is 15.3. The number of hydrogen-bond donors (Lipinski definition) is 1. The molecule has 0 saturated carbocycles. The van der Waals surface area contributed by atoms with Gasteiger partial charge in [0.15, 0.2) is 0 Å². The third-order valence-electron chi connectivity index (χ3n) is 4.31. The van der Waals surface area contributed by atoms with Crippen molar-refractivity contribution in [3.8, 4) is 23.0 Å². The number of anilines is 1. The summed E-state index contributed by atoms with van der Waals surface area (Å²) in [4.78, 5) is 4.23. The first kappa shape index (κ1) is 14.5. The molecule has 0 unspecified atom stereocenters. The summed E-state index contributed by atoms with van der Waals surface area (Å²) >= 11 is 0. The second kappa shape index (κ2) is 6.17. The molecular formula is C19H17N5. The Morgan fingerprint density at radius 3 is 2.75 bits per heavy atom. The van der Waals surface area contributed by atoms with E-state index in [0.29, 0.717) is 5.56 Å². The van der Waals surface area contributed by atoms with Crippen LogP contribution >= 0.6 is 0 Å². The Bertz CT molecular complexity index is 888. The number of nitrogens with one attached hydrogen (secondary N) is 1. The molecular weight excluding hydrogens is 298 g/mol. The molecule has 5 heteroatoms. The van der Waals surface area contributed by atoms with Crippen molar-refractivity contribution in [2.45, 2.75) is 19.3 Å². The van der Waals surface area contributed by atoms with Crippen LogP contribution in [0.2, 0.25) is 0 Å². The maximum Gasteiger partial charge on any atom is 0.133 e. The third-order valence-corrected chi connectivity index (χ3v) is 4.31. The highest BCUT2D eigenvalue weighted by Gasteiger charge is 2.21. The Morgan fingerprint density at radius 2 is 2.00 bits per heavy atom. The maximum absolute atomic E-state index is 8.99. The number of aromatic nitrogens is 3. The lowest BCUT2D eigenvalue weighted by atomic mass is 10.1. The second-order valence-electron chi connectivity index (χ2n) is 5.87. The molecule has 5 nitrogen and oxygen atoms in total. The van der Waals surface area contributed by atoms with Crippen molar-refractivity contribution in [3.05, 3.63) is 59.9 Å². The predicted octanol–water partition coefficient (Wildman–Crippen LogP) is 3.55. The molecule has 1 N–H and O–H groups in total. The molecule has 3 aromatic rings. The molecule has 0 spiro atoms. The predicted molar refractivity (Wildman–Crippen MR) is 92.9 cm³/mol. The first-order chi connectivity index (χ1) is 11.9. The molecule has 24 heavy (non-hydrogen) atoms. The van der Waals surface area contributed by atoms with Crippen LogP contribution in [0.4, 0.5) is 5.82 Å². The standard InChI is InChI=1S/C19H17N5/c20-12-14-6-8-16(9-7-14)24-19-17(5-1-2-11-22-19)18(23-24)15-4-3-10-21-13-15/h3-4,6-10,13,22H,1-2,5,11H2. The van der Waals surface area contributed by atoms with Crippen LogP contribution in [0.5, 0.6) is 0 Å². The van der Waals surface area contributed by atoms with E-state index in [1.165, 1.54) is 5.56 Å². The lowest BCUT2D eigenvalue weighted by Crippen LogP contribution is -2.07. The molecule has 0 atom stereocenters. The fraction of sp³-hybridized carbons (Fsp3) is 0.211. The summed E-state index contributed by atoms with van der Waals surface area (Å²) in [6, 6.07) is 13.7. The molecule has 0 saturated heterocycles. The number of pyridine rings is 1. The van der Waals surface area contributed by atoms with Crippen molar-refractivity contribution in [3.63, 3.8) is 0 Å². The number of rotatable bonds is 2. The van der Waals surface area contributed by atoms with Crippen LogP contribution in [-0.4, -0.2) is 21.3 Å². The number of nitriles is 1. The van der Waals surface area contributed by atoms with Gasteiger partial charge < -0.3 is 5.32 Å². The lowest BCUT2D eigenvalue weighted by Gasteiger charge is -2.09. The Morgan fingerprint density at radius 1 is 1.12 bits per heavy atom. The van der Waals surface area contributed by atoms with Gasteiger partial charge in [0, 0.05) is 30.1 Å². The summed E-state index contributed by atoms with van der Waals surface area (Å²) in [5, 5.41) is 17.4. The molecule has 4 rings (SSSR count). The average molecular weight is 315 g/mol. The quantitative estimate of drug-likeness (QED) is 0.785. The summed E-state index contributed by atoms with van der Waals surface area (Å²) in [7, 11) is 0. The Balaban J connectivity index is 1.88. The average Bonchev–Trinajstić information content (AvgIpc) is 2.84. The van der Waals surface area contributed by atoms with Gasteiger partial charge in [0.2, 0.25) is 0 Å². The first-order valence-electron chi connectivity index (χ1n) is 8.13. The Hall–Kier alpha value is -3.13. The van der Waals surface area contributed by atoms with Crippen molar-refractivity contribution >= 4 is 5.82 Å². The second-order valence-corrected chi connectivity index (χ2v) is 5.87. The molecule has 1 aliphatic heterocycles. The molecule has 1 aliphatic rings. The van der Waals surface area contributed by atoms with E-state index in [4.69, 9.17) is 10.4 Å². The van der Waals surface area contributed by atoms with Gasteiger partial charge in [-0.2, -0.15) is 10.4 Å². The Labute approximate surface area is 140 Å². The molecule has 0 fully saturated rings. The zero-order chi connectivity index (χ0) is 16.4. The van der Waals surface area contributed by atoms with Crippen molar-refractivity contribution in [1.82, 2.24) is 14.8 Å². The van der Waals surface area contributed by atoms with E-state index in [1.54, 1.807) is 6.20 Å². The van der Waals surface area contributed by atoms with Crippen molar-refractivity contribution in [1.29, 1.82) is 5.26 Å². The summed E-state index contributed by atoms with van der Waals surface area (Å²) in [6.45, 7) is 0.946. The van der Waals surface area contributed by atoms with Gasteiger partial charge in [-0.1, -0.05) is 0 Å². The van der Waals surface area contributed by atoms with Crippen LogP contribution in [0.3, 0.4) is 0 Å². The van der Waals surface area contributed by atoms with Gasteiger partial charge in [-0.05, 0) is 55.7 Å². The van der Waals surface area contributed by atoms with E-state index in [-0.39, 0.29) is 0 Å². The minimum absolute atomic E-state index is 0.650. The van der Waals surface area contributed by atoms with Gasteiger partial charge in [0.1, 0.15) is 5.82 Å². The highest BCUT2D eigenvalue weighted by molar-refractivity contribution is 5.70. The molecule has 0 aliphatic carbocycles. The summed E-state index contributed by atoms with van der Waals surface area (Å²) < 4.78 is 1.95. The third kappa shape index (κ3) is 2.52. The topological polar surface area (TPSA) is 66.5 Å². The van der Waals surface area contributed by atoms with Crippen LogP contribution in [0.1, 0.15) is 24.0 Å². The van der Waals surface area contributed by atoms with Gasteiger partial charge in [0.25, 0.3) is 0 Å². The molecule has 0 amide bonds.